The van der Waals surface area contributed by atoms with Gasteiger partial charge in [-0.05, 0) is 109 Å². The van der Waals surface area contributed by atoms with Crippen molar-refractivity contribution in [3.63, 3.8) is 0 Å². The number of aromatic hydroxyl groups is 1. The summed E-state index contributed by atoms with van der Waals surface area (Å²) in [5.41, 5.74) is 4.87. The molecular formula is C29H31NO3S. The smallest absolute Gasteiger partial charge is 0.160 e. The largest absolute Gasteiger partial charge is 0.504 e. The van der Waals surface area contributed by atoms with Crippen LogP contribution in [0.4, 0.5) is 0 Å². The molecule has 0 bridgehead atoms. The van der Waals surface area contributed by atoms with Gasteiger partial charge in [0.25, 0.3) is 0 Å². The number of thiophene rings is 1. The van der Waals surface area contributed by atoms with Gasteiger partial charge in [0.15, 0.2) is 11.5 Å². The van der Waals surface area contributed by atoms with Gasteiger partial charge in [-0.2, -0.15) is 0 Å². The molecule has 4 aromatic rings. The van der Waals surface area contributed by atoms with E-state index in [1.165, 1.54) is 57.6 Å². The van der Waals surface area contributed by atoms with Crippen molar-refractivity contribution in [2.24, 2.45) is 0 Å². The molecule has 1 aliphatic rings. The fourth-order valence-electron chi connectivity index (χ4n) is 4.70. The zero-order valence-electron chi connectivity index (χ0n) is 19.8. The van der Waals surface area contributed by atoms with Crippen molar-refractivity contribution < 1.29 is 14.6 Å². The van der Waals surface area contributed by atoms with Crippen molar-refractivity contribution in [3.05, 3.63) is 77.4 Å². The summed E-state index contributed by atoms with van der Waals surface area (Å²) >= 11 is 1.84. The molecule has 0 aliphatic carbocycles. The van der Waals surface area contributed by atoms with Gasteiger partial charge in [0.1, 0.15) is 12.4 Å². The van der Waals surface area contributed by atoms with Gasteiger partial charge in [0, 0.05) is 16.1 Å². The number of benzene rings is 3. The fraction of sp³-hybridized carbons (Fsp3) is 0.310. The Kier molecular flexibility index (Phi) is 6.75. The highest BCUT2D eigenvalue weighted by atomic mass is 32.1. The van der Waals surface area contributed by atoms with E-state index in [4.69, 9.17) is 9.47 Å². The zero-order chi connectivity index (χ0) is 23.5. The number of methoxy groups -OCH3 is 1. The van der Waals surface area contributed by atoms with Gasteiger partial charge in [0.2, 0.25) is 0 Å². The van der Waals surface area contributed by atoms with E-state index in [0.717, 1.165) is 30.9 Å². The first-order valence-electron chi connectivity index (χ1n) is 11.9. The van der Waals surface area contributed by atoms with E-state index in [1.54, 1.807) is 13.2 Å². The minimum Gasteiger partial charge on any atom is -0.504 e. The number of rotatable bonds is 8. The minimum absolute atomic E-state index is 0.164. The third kappa shape index (κ3) is 4.91. The molecular weight excluding hydrogens is 442 g/mol. The monoisotopic (exact) mass is 473 g/mol. The van der Waals surface area contributed by atoms with Gasteiger partial charge in [-0.1, -0.05) is 18.2 Å². The van der Waals surface area contributed by atoms with Crippen LogP contribution in [0.2, 0.25) is 0 Å². The Balaban J connectivity index is 1.42. The number of ether oxygens (including phenoxy) is 2. The maximum absolute atomic E-state index is 10.0. The van der Waals surface area contributed by atoms with Gasteiger partial charge < -0.3 is 14.6 Å². The van der Waals surface area contributed by atoms with Crippen LogP contribution in [0.5, 0.6) is 17.2 Å². The van der Waals surface area contributed by atoms with Crippen molar-refractivity contribution >= 4 is 21.4 Å². The van der Waals surface area contributed by atoms with Crippen LogP contribution >= 0.6 is 11.3 Å². The summed E-state index contributed by atoms with van der Waals surface area (Å²) in [6.07, 6.45) is 3.38. The predicted molar refractivity (Wildman–Crippen MR) is 141 cm³/mol. The lowest BCUT2D eigenvalue weighted by Gasteiger charge is -2.15. The first-order valence-corrected chi connectivity index (χ1v) is 12.8. The normalized spacial score (nSPS) is 14.1. The Morgan fingerprint density at radius 3 is 2.53 bits per heavy atom. The van der Waals surface area contributed by atoms with Crippen molar-refractivity contribution in [2.75, 3.05) is 33.4 Å². The van der Waals surface area contributed by atoms with Gasteiger partial charge in [-0.25, -0.2) is 0 Å². The average molecular weight is 474 g/mol. The second-order valence-corrected chi connectivity index (χ2v) is 10.1. The lowest BCUT2D eigenvalue weighted by atomic mass is 9.98. The minimum atomic E-state index is 0.164. The molecule has 5 heteroatoms. The maximum Gasteiger partial charge on any atom is 0.160 e. The van der Waals surface area contributed by atoms with Gasteiger partial charge >= 0.3 is 0 Å². The van der Waals surface area contributed by atoms with E-state index in [-0.39, 0.29) is 5.75 Å². The summed E-state index contributed by atoms with van der Waals surface area (Å²) in [6.45, 7) is 6.26. The fourth-order valence-corrected chi connectivity index (χ4v) is 6.03. The standard InChI is InChI=1S/C29H31NO3S/c1-20-5-11-24-25(18-21-6-12-26(31)27(19-21)32-2)29(34-28(24)17-20)22-7-9-23(10-8-22)33-16-15-30-13-3-4-14-30/h5-12,17,19,31H,3-4,13-16,18H2,1-2H3. The molecule has 2 heterocycles. The van der Waals surface area contributed by atoms with E-state index in [2.05, 4.69) is 54.3 Å². The SMILES string of the molecule is COc1cc(Cc2c(-c3ccc(OCCN4CCCC4)cc3)sc3cc(C)ccc23)ccc1O. The van der Waals surface area contributed by atoms with Crippen LogP contribution in [0.1, 0.15) is 29.5 Å². The second kappa shape index (κ2) is 10.1. The molecule has 3 aromatic carbocycles. The number of phenols is 1. The number of hydrogen-bond donors (Lipinski definition) is 1. The molecule has 5 rings (SSSR count). The Morgan fingerprint density at radius 2 is 1.76 bits per heavy atom. The van der Waals surface area contributed by atoms with Crippen LogP contribution in [0.3, 0.4) is 0 Å². The molecule has 0 atom stereocenters. The van der Waals surface area contributed by atoms with Crippen LogP contribution in [0, 0.1) is 6.92 Å². The predicted octanol–water partition coefficient (Wildman–Crippen LogP) is 6.66. The Morgan fingerprint density at radius 1 is 0.971 bits per heavy atom. The Bertz CT molecular complexity index is 1270. The van der Waals surface area contributed by atoms with Crippen LogP contribution in [-0.2, 0) is 6.42 Å². The van der Waals surface area contributed by atoms with Crippen LogP contribution in [0.25, 0.3) is 20.5 Å². The van der Waals surface area contributed by atoms with E-state index in [0.29, 0.717) is 5.75 Å². The molecule has 0 saturated carbocycles. The van der Waals surface area contributed by atoms with Gasteiger partial charge in [-0.3, -0.25) is 4.90 Å². The topological polar surface area (TPSA) is 41.9 Å². The van der Waals surface area contributed by atoms with E-state index >= 15 is 0 Å². The Hall–Kier alpha value is -3.02. The highest BCUT2D eigenvalue weighted by Crippen LogP contribution is 2.41. The summed E-state index contributed by atoms with van der Waals surface area (Å²) in [5.74, 6) is 1.59. The number of likely N-dealkylation sites (tertiary alicyclic amines) is 1. The summed E-state index contributed by atoms with van der Waals surface area (Å²) in [5, 5.41) is 11.3. The molecule has 176 valence electrons. The molecule has 1 fully saturated rings. The summed E-state index contributed by atoms with van der Waals surface area (Å²) in [4.78, 5) is 3.74. The zero-order valence-corrected chi connectivity index (χ0v) is 20.7. The van der Waals surface area contributed by atoms with E-state index in [1.807, 2.05) is 23.5 Å². The quantitative estimate of drug-likeness (QED) is 0.311. The lowest BCUT2D eigenvalue weighted by Crippen LogP contribution is -2.25. The molecule has 1 aliphatic heterocycles. The van der Waals surface area contributed by atoms with Crippen LogP contribution in [-0.4, -0.2) is 43.4 Å². The van der Waals surface area contributed by atoms with Gasteiger partial charge in [0.05, 0.1) is 7.11 Å². The number of hydrogen-bond acceptors (Lipinski definition) is 5. The average Bonchev–Trinajstić information content (AvgIpc) is 3.49. The van der Waals surface area contributed by atoms with Crippen molar-refractivity contribution in [1.29, 1.82) is 0 Å². The first kappa shape index (κ1) is 22.8. The summed E-state index contributed by atoms with van der Waals surface area (Å²) < 4.78 is 12.6. The van der Waals surface area contributed by atoms with Crippen molar-refractivity contribution in [3.8, 4) is 27.7 Å². The number of phenolic OH excluding ortho intramolecular Hbond substituents is 1. The van der Waals surface area contributed by atoms with Crippen molar-refractivity contribution in [1.82, 2.24) is 4.90 Å². The lowest BCUT2D eigenvalue weighted by molar-refractivity contribution is 0.238. The second-order valence-electron chi connectivity index (χ2n) is 9.01. The van der Waals surface area contributed by atoms with Gasteiger partial charge in [-0.15, -0.1) is 11.3 Å². The van der Waals surface area contributed by atoms with E-state index < -0.39 is 0 Å². The van der Waals surface area contributed by atoms with Crippen LogP contribution < -0.4 is 9.47 Å². The number of fused-ring (bicyclic) bond motifs is 1. The van der Waals surface area contributed by atoms with E-state index in [9.17, 15) is 5.11 Å². The third-order valence-electron chi connectivity index (χ3n) is 6.56. The summed E-state index contributed by atoms with van der Waals surface area (Å²) in [7, 11) is 1.59. The molecule has 1 saturated heterocycles. The molecule has 34 heavy (non-hydrogen) atoms. The van der Waals surface area contributed by atoms with Crippen LogP contribution in [0.15, 0.2) is 60.7 Å². The number of nitrogens with zero attached hydrogens (tertiary/aromatic N) is 1. The summed E-state index contributed by atoms with van der Waals surface area (Å²) in [6, 6.07) is 20.8. The molecule has 0 spiro atoms. The van der Waals surface area contributed by atoms with Crippen molar-refractivity contribution in [2.45, 2.75) is 26.2 Å². The highest BCUT2D eigenvalue weighted by Gasteiger charge is 2.16. The molecule has 1 aromatic heterocycles. The molecule has 0 radical (unpaired) electrons. The Labute approximate surface area is 205 Å². The first-order chi connectivity index (χ1) is 16.6. The third-order valence-corrected chi connectivity index (χ3v) is 7.81. The maximum atomic E-state index is 10.0. The molecule has 0 amide bonds. The highest BCUT2D eigenvalue weighted by molar-refractivity contribution is 7.22. The molecule has 4 nitrogen and oxygen atoms in total. The molecule has 0 unspecified atom stereocenters. The molecule has 1 N–H and O–H groups in total. The number of aryl methyl sites for hydroxylation is 1.